The molecular weight excluding hydrogens is 296 g/mol. The zero-order valence-electron chi connectivity index (χ0n) is 15.0. The summed E-state index contributed by atoms with van der Waals surface area (Å²) in [5, 5.41) is 6.36. The van der Waals surface area contributed by atoms with Crippen molar-refractivity contribution in [2.24, 2.45) is 10.9 Å². The summed E-state index contributed by atoms with van der Waals surface area (Å²) in [6.45, 7) is 9.80. The van der Waals surface area contributed by atoms with Crippen LogP contribution in [-0.2, 0) is 13.1 Å². The lowest BCUT2D eigenvalue weighted by Gasteiger charge is -2.30. The van der Waals surface area contributed by atoms with Gasteiger partial charge in [-0.3, -0.25) is 4.90 Å². The number of hydrogen-bond donors (Lipinski definition) is 2. The van der Waals surface area contributed by atoms with E-state index in [1.165, 1.54) is 37.1 Å². The van der Waals surface area contributed by atoms with Crippen LogP contribution < -0.4 is 10.6 Å². The van der Waals surface area contributed by atoms with Crippen LogP contribution in [0.25, 0.3) is 0 Å². The van der Waals surface area contributed by atoms with Gasteiger partial charge in [-0.1, -0.05) is 37.1 Å². The number of rotatable bonds is 6. The topological polar surface area (TPSA) is 39.7 Å². The Bertz CT molecular complexity index is 565. The van der Waals surface area contributed by atoms with Crippen molar-refractivity contribution < 1.29 is 0 Å². The highest BCUT2D eigenvalue weighted by molar-refractivity contribution is 5.80. The van der Waals surface area contributed by atoms with Crippen LogP contribution >= 0.6 is 0 Å². The van der Waals surface area contributed by atoms with Crippen LogP contribution in [-0.4, -0.2) is 37.0 Å². The maximum absolute atomic E-state index is 5.32. The van der Waals surface area contributed by atoms with Gasteiger partial charge in [-0.25, -0.2) is 4.99 Å². The van der Waals surface area contributed by atoms with Gasteiger partial charge >= 0.3 is 0 Å². The molecule has 2 rings (SSSR count). The Morgan fingerprint density at radius 3 is 2.62 bits per heavy atom. The fraction of sp³-hybridized carbons (Fsp3) is 0.550. The quantitative estimate of drug-likeness (QED) is 0.479. The Morgan fingerprint density at radius 2 is 1.96 bits per heavy atom. The molecule has 0 spiro atoms. The zero-order chi connectivity index (χ0) is 17.2. The summed E-state index contributed by atoms with van der Waals surface area (Å²) >= 11 is 0. The van der Waals surface area contributed by atoms with E-state index >= 15 is 0 Å². The summed E-state index contributed by atoms with van der Waals surface area (Å²) in [6, 6.07) is 8.62. The molecule has 1 saturated heterocycles. The first-order chi connectivity index (χ1) is 11.7. The summed E-state index contributed by atoms with van der Waals surface area (Å²) in [5.41, 5.74) is 2.66. The van der Waals surface area contributed by atoms with Crippen LogP contribution in [0.2, 0.25) is 0 Å². The van der Waals surface area contributed by atoms with Crippen molar-refractivity contribution in [3.8, 4) is 12.3 Å². The molecule has 1 aromatic carbocycles. The molecule has 4 heteroatoms. The van der Waals surface area contributed by atoms with Crippen molar-refractivity contribution in [2.75, 3.05) is 26.2 Å². The first kappa shape index (κ1) is 18.4. The molecule has 0 unspecified atom stereocenters. The molecule has 4 nitrogen and oxygen atoms in total. The lowest BCUT2D eigenvalue weighted by atomic mass is 9.98. The van der Waals surface area contributed by atoms with Crippen molar-refractivity contribution in [1.82, 2.24) is 15.5 Å². The minimum atomic E-state index is 0.486. The van der Waals surface area contributed by atoms with E-state index in [-0.39, 0.29) is 0 Å². The van der Waals surface area contributed by atoms with Gasteiger partial charge in [0.1, 0.15) is 0 Å². The molecule has 0 aromatic heterocycles. The largest absolute Gasteiger partial charge is 0.357 e. The van der Waals surface area contributed by atoms with E-state index in [2.05, 4.69) is 64.6 Å². The fourth-order valence-electron chi connectivity index (χ4n) is 2.97. The lowest BCUT2D eigenvalue weighted by Crippen LogP contribution is -2.37. The molecule has 1 aliphatic rings. The monoisotopic (exact) mass is 326 g/mol. The maximum Gasteiger partial charge on any atom is 0.192 e. The first-order valence-corrected chi connectivity index (χ1v) is 8.97. The van der Waals surface area contributed by atoms with Crippen molar-refractivity contribution in [2.45, 2.75) is 39.8 Å². The Kier molecular flexibility index (Phi) is 7.64. The SMILES string of the molecule is C#CCNC(=NCc1ccccc1CN1CCC(C)CC1)NCC. The van der Waals surface area contributed by atoms with Gasteiger partial charge in [-0.2, -0.15) is 0 Å². The normalized spacial score (nSPS) is 16.6. The summed E-state index contributed by atoms with van der Waals surface area (Å²) in [5.74, 6) is 4.23. The molecule has 0 radical (unpaired) electrons. The van der Waals surface area contributed by atoms with Crippen molar-refractivity contribution in [1.29, 1.82) is 0 Å². The molecular formula is C20H30N4. The van der Waals surface area contributed by atoms with Crippen LogP contribution in [0.1, 0.15) is 37.8 Å². The van der Waals surface area contributed by atoms with Gasteiger partial charge in [0.2, 0.25) is 0 Å². The van der Waals surface area contributed by atoms with Gasteiger partial charge in [0.25, 0.3) is 0 Å². The van der Waals surface area contributed by atoms with Crippen molar-refractivity contribution in [3.63, 3.8) is 0 Å². The Labute approximate surface area is 146 Å². The van der Waals surface area contributed by atoms with Crippen LogP contribution in [0.3, 0.4) is 0 Å². The van der Waals surface area contributed by atoms with E-state index in [1.54, 1.807) is 0 Å². The number of aliphatic imine (C=N–C) groups is 1. The molecule has 1 aliphatic heterocycles. The second-order valence-corrected chi connectivity index (χ2v) is 6.48. The Morgan fingerprint density at radius 1 is 1.25 bits per heavy atom. The average Bonchev–Trinajstić information content (AvgIpc) is 2.60. The highest BCUT2D eigenvalue weighted by atomic mass is 15.2. The third-order valence-corrected chi connectivity index (χ3v) is 4.50. The number of guanidine groups is 1. The average molecular weight is 326 g/mol. The number of likely N-dealkylation sites (tertiary alicyclic amines) is 1. The minimum Gasteiger partial charge on any atom is -0.357 e. The standard InChI is InChI=1S/C20H30N4/c1-4-12-22-20(21-5-2)23-15-18-8-6-7-9-19(18)16-24-13-10-17(3)11-14-24/h1,6-9,17H,5,10-16H2,2-3H3,(H2,21,22,23). The molecule has 1 heterocycles. The number of piperidine rings is 1. The smallest absolute Gasteiger partial charge is 0.192 e. The third-order valence-electron chi connectivity index (χ3n) is 4.50. The van der Waals surface area contributed by atoms with E-state index in [0.717, 1.165) is 25.0 Å². The van der Waals surface area contributed by atoms with Crippen LogP contribution in [0.4, 0.5) is 0 Å². The number of hydrogen-bond acceptors (Lipinski definition) is 2. The third kappa shape index (κ3) is 5.90. The number of nitrogens with one attached hydrogen (secondary N) is 2. The minimum absolute atomic E-state index is 0.486. The van der Waals surface area contributed by atoms with Gasteiger partial charge in [0.15, 0.2) is 5.96 Å². The van der Waals surface area contributed by atoms with Crippen LogP contribution in [0, 0.1) is 18.3 Å². The molecule has 1 aromatic rings. The maximum atomic E-state index is 5.32. The van der Waals surface area contributed by atoms with Gasteiger partial charge in [-0.05, 0) is 49.9 Å². The first-order valence-electron chi connectivity index (χ1n) is 8.97. The molecule has 0 aliphatic carbocycles. The summed E-state index contributed by atoms with van der Waals surface area (Å²) in [4.78, 5) is 7.23. The van der Waals surface area contributed by atoms with Gasteiger partial charge < -0.3 is 10.6 Å². The Hall–Kier alpha value is -1.99. The van der Waals surface area contributed by atoms with Gasteiger partial charge in [-0.15, -0.1) is 6.42 Å². The molecule has 2 N–H and O–H groups in total. The molecule has 24 heavy (non-hydrogen) atoms. The summed E-state index contributed by atoms with van der Waals surface area (Å²) in [6.07, 6.45) is 7.93. The summed E-state index contributed by atoms with van der Waals surface area (Å²) in [7, 11) is 0. The van der Waals surface area contributed by atoms with E-state index in [0.29, 0.717) is 13.1 Å². The van der Waals surface area contributed by atoms with Crippen LogP contribution in [0.5, 0.6) is 0 Å². The van der Waals surface area contributed by atoms with Crippen molar-refractivity contribution in [3.05, 3.63) is 35.4 Å². The predicted molar refractivity (Wildman–Crippen MR) is 102 cm³/mol. The van der Waals surface area contributed by atoms with E-state index in [1.807, 2.05) is 0 Å². The number of nitrogens with zero attached hydrogens (tertiary/aromatic N) is 2. The highest BCUT2D eigenvalue weighted by Crippen LogP contribution is 2.20. The molecule has 0 atom stereocenters. The Balaban J connectivity index is 2.00. The van der Waals surface area contributed by atoms with E-state index in [9.17, 15) is 0 Å². The fourth-order valence-corrected chi connectivity index (χ4v) is 2.97. The second-order valence-electron chi connectivity index (χ2n) is 6.48. The molecule has 0 amide bonds. The predicted octanol–water partition coefficient (Wildman–Crippen LogP) is 2.61. The highest BCUT2D eigenvalue weighted by Gasteiger charge is 2.16. The molecule has 130 valence electrons. The molecule has 0 bridgehead atoms. The molecule has 0 saturated carbocycles. The zero-order valence-corrected chi connectivity index (χ0v) is 15.0. The lowest BCUT2D eigenvalue weighted by molar-refractivity contribution is 0.185. The summed E-state index contributed by atoms with van der Waals surface area (Å²) < 4.78 is 0. The van der Waals surface area contributed by atoms with Gasteiger partial charge in [0.05, 0.1) is 13.1 Å². The number of terminal acetylenes is 1. The van der Waals surface area contributed by atoms with E-state index < -0.39 is 0 Å². The van der Waals surface area contributed by atoms with Crippen molar-refractivity contribution >= 4 is 5.96 Å². The second kappa shape index (κ2) is 10.00. The number of benzene rings is 1. The van der Waals surface area contributed by atoms with Gasteiger partial charge in [0, 0.05) is 13.1 Å². The van der Waals surface area contributed by atoms with E-state index in [4.69, 9.17) is 6.42 Å². The van der Waals surface area contributed by atoms with Crippen LogP contribution in [0.15, 0.2) is 29.3 Å². The molecule has 1 fully saturated rings.